The number of hydrogen-bond donors (Lipinski definition) is 1. The summed E-state index contributed by atoms with van der Waals surface area (Å²) < 4.78 is 11.8. The Balaban J connectivity index is 0.000000841. The molecule has 0 aliphatic heterocycles. The summed E-state index contributed by atoms with van der Waals surface area (Å²) >= 11 is 0. The Hall–Kier alpha value is -2.41. The Kier molecular flexibility index (Phi) is 15.6. The molecule has 3 aromatic carbocycles. The summed E-state index contributed by atoms with van der Waals surface area (Å²) in [6.45, 7) is 17.4. The predicted octanol–water partition coefficient (Wildman–Crippen LogP) is 9.27. The Labute approximate surface area is 280 Å². The quantitative estimate of drug-likeness (QED) is 0.128. The molecule has 0 aromatic heterocycles. The third-order valence-electron chi connectivity index (χ3n) is 7.95. The van der Waals surface area contributed by atoms with Crippen molar-refractivity contribution >= 4 is 23.8 Å². The number of phenolic OH excluding ortho intramolecular Hbond substituents is 1. The van der Waals surface area contributed by atoms with Crippen LogP contribution in [0.15, 0.2) is 60.7 Å². The van der Waals surface area contributed by atoms with Gasteiger partial charge >= 0.3 is 0 Å². The largest absolute Gasteiger partial charge is 0.504 e. The van der Waals surface area contributed by atoms with Crippen molar-refractivity contribution in [3.8, 4) is 17.2 Å². The Morgan fingerprint density at radius 1 is 0.750 bits per heavy atom. The third kappa shape index (κ3) is 9.79. The van der Waals surface area contributed by atoms with Crippen molar-refractivity contribution in [1.82, 2.24) is 0 Å². The Morgan fingerprint density at radius 2 is 1.27 bits per heavy atom. The van der Waals surface area contributed by atoms with Crippen LogP contribution in [-0.4, -0.2) is 19.3 Å². The van der Waals surface area contributed by atoms with Crippen LogP contribution in [0.2, 0.25) is 0 Å². The van der Waals surface area contributed by atoms with E-state index < -0.39 is 7.92 Å². The van der Waals surface area contributed by atoms with Gasteiger partial charge in [-0.3, -0.25) is 0 Å². The number of rotatable bonds is 5. The smallest absolute Gasteiger partial charge is 0.162 e. The first-order valence-corrected chi connectivity index (χ1v) is 16.8. The Bertz CT molecular complexity index is 1300. The van der Waals surface area contributed by atoms with Crippen molar-refractivity contribution < 1.29 is 31.1 Å². The number of ether oxygens (including phenoxy) is 2. The molecular weight excluding hydrogens is 606 g/mol. The van der Waals surface area contributed by atoms with Gasteiger partial charge in [0.2, 0.25) is 0 Å². The topological polar surface area (TPSA) is 38.7 Å². The maximum Gasteiger partial charge on any atom is 0.162 e. The van der Waals surface area contributed by atoms with E-state index >= 15 is 0 Å². The summed E-state index contributed by atoms with van der Waals surface area (Å²) in [6.07, 6.45) is 13.5. The molecule has 3 aromatic rings. The molecule has 0 bridgehead atoms. The molecule has 0 saturated heterocycles. The molecule has 1 aliphatic rings. The number of aryl methyl sites for hydroxylation is 2. The van der Waals surface area contributed by atoms with Crippen molar-refractivity contribution in [3.05, 3.63) is 96.8 Å². The maximum absolute atomic E-state index is 11.9. The van der Waals surface area contributed by atoms with E-state index in [4.69, 9.17) is 9.47 Å². The zero-order valence-corrected chi connectivity index (χ0v) is 31.0. The normalized spacial score (nSPS) is 14.2. The second kappa shape index (κ2) is 17.3. The van der Waals surface area contributed by atoms with Gasteiger partial charge in [0.15, 0.2) is 17.2 Å². The molecule has 44 heavy (non-hydrogen) atoms. The van der Waals surface area contributed by atoms with E-state index in [0.717, 1.165) is 44.1 Å². The van der Waals surface area contributed by atoms with Crippen LogP contribution in [-0.2, 0) is 27.3 Å². The minimum Gasteiger partial charge on any atom is -0.504 e. The summed E-state index contributed by atoms with van der Waals surface area (Å²) in [7, 11) is 1.73. The molecule has 0 saturated carbocycles. The van der Waals surface area contributed by atoms with Crippen molar-refractivity contribution in [1.29, 1.82) is 0 Å². The summed E-state index contributed by atoms with van der Waals surface area (Å²) in [4.78, 5) is 0. The van der Waals surface area contributed by atoms with Gasteiger partial charge in [-0.25, -0.2) is 0 Å². The van der Waals surface area contributed by atoms with Gasteiger partial charge in [0.25, 0.3) is 0 Å². The monoisotopic (exact) mass is 661 g/mol. The first-order valence-electron chi connectivity index (χ1n) is 15.3. The average Bonchev–Trinajstić information content (AvgIpc) is 2.89. The van der Waals surface area contributed by atoms with Gasteiger partial charge in [0, 0.05) is 29.5 Å². The van der Waals surface area contributed by atoms with E-state index in [0.29, 0.717) is 5.75 Å². The molecular formula is C39H56NiO3P+. The molecule has 0 spiro atoms. The first-order chi connectivity index (χ1) is 19.8. The fraction of sp³-hybridized carbons (Fsp3) is 0.436. The molecule has 0 heterocycles. The first kappa shape index (κ1) is 39.6. The zero-order chi connectivity index (χ0) is 31.1. The average molecular weight is 663 g/mol. The molecule has 3 nitrogen and oxygen atoms in total. The fourth-order valence-corrected chi connectivity index (χ4v) is 8.74. The molecule has 0 amide bonds. The van der Waals surface area contributed by atoms with Crippen LogP contribution in [0, 0.1) is 27.7 Å². The maximum atomic E-state index is 11.9. The number of allylic oxidation sites excluding steroid dienone is 2. The van der Waals surface area contributed by atoms with Crippen molar-refractivity contribution in [3.63, 3.8) is 0 Å². The van der Waals surface area contributed by atoms with Crippen LogP contribution >= 0.6 is 7.92 Å². The van der Waals surface area contributed by atoms with Gasteiger partial charge in [-0.15, -0.1) is 0 Å². The van der Waals surface area contributed by atoms with E-state index in [1.807, 2.05) is 24.3 Å². The molecule has 0 unspecified atom stereocenters. The molecule has 5 heteroatoms. The Morgan fingerprint density at radius 3 is 1.75 bits per heavy atom. The van der Waals surface area contributed by atoms with E-state index in [9.17, 15) is 5.11 Å². The predicted molar refractivity (Wildman–Crippen MR) is 191 cm³/mol. The van der Waals surface area contributed by atoms with Gasteiger partial charge in [-0.05, 0) is 66.0 Å². The summed E-state index contributed by atoms with van der Waals surface area (Å²) in [5.74, 6) is 2.07. The van der Waals surface area contributed by atoms with Crippen LogP contribution in [0.4, 0.5) is 0 Å². The molecule has 0 radical (unpaired) electrons. The molecule has 1 N–H and O–H groups in total. The second-order valence-corrected chi connectivity index (χ2v) is 15.7. The van der Waals surface area contributed by atoms with Gasteiger partial charge in [0.05, 0.1) is 14.2 Å². The SMILES string of the molecule is C1=C\CCC[CH-]CC/1.COc1cccc(C)c1[PH+](c1cc(C(C)(C)C)cc(C(C)(C)C)c1O)c1c(C)cccc1OC.[CH3+].[Ni]. The molecule has 4 rings (SSSR count). The van der Waals surface area contributed by atoms with E-state index in [1.54, 1.807) is 14.2 Å². The molecule has 0 fully saturated rings. The van der Waals surface area contributed by atoms with Crippen LogP contribution in [0.1, 0.15) is 95.9 Å². The van der Waals surface area contributed by atoms with Crippen molar-refractivity contribution in [2.24, 2.45) is 0 Å². The minimum atomic E-state index is -1.71. The summed E-state index contributed by atoms with van der Waals surface area (Å²) in [5.41, 5.74) is 4.21. The summed E-state index contributed by atoms with van der Waals surface area (Å²) in [5, 5.41) is 15.1. The standard InChI is InChI=1S/C30H39O3P.C8H13.CH3.Ni/c1-19-13-11-15-23(32-9)27(19)34(28-20(2)14-12-16-24(28)33-10)25-18-21(29(3,4)5)17-22(26(25)31)30(6,7)8;1-2-4-6-8-7-5-3-1;;/h11-18,31H,1-10H3;1-2,7H,3-6,8H2;1H3;/q;-1;+1;/p+1/b;2-1-;;. The fourth-order valence-electron chi connectivity index (χ4n) is 5.46. The van der Waals surface area contributed by atoms with Crippen molar-refractivity contribution in [2.75, 3.05) is 14.2 Å². The number of benzene rings is 3. The third-order valence-corrected chi connectivity index (χ3v) is 11.1. The zero-order valence-electron chi connectivity index (χ0n) is 29.0. The number of aromatic hydroxyl groups is 1. The van der Waals surface area contributed by atoms with Crippen LogP contribution in [0.5, 0.6) is 17.2 Å². The van der Waals surface area contributed by atoms with Crippen LogP contribution in [0.25, 0.3) is 0 Å². The van der Waals surface area contributed by atoms with Gasteiger partial charge in [-0.1, -0.05) is 96.9 Å². The number of phenols is 1. The molecule has 1 aliphatic carbocycles. The van der Waals surface area contributed by atoms with Crippen molar-refractivity contribution in [2.45, 2.75) is 98.3 Å². The number of hydrogen-bond acceptors (Lipinski definition) is 3. The minimum absolute atomic E-state index is 0. The van der Waals surface area contributed by atoms with Gasteiger partial charge in [0.1, 0.15) is 23.8 Å². The second-order valence-electron chi connectivity index (χ2n) is 13.4. The number of methoxy groups -OCH3 is 2. The van der Waals surface area contributed by atoms with E-state index in [-0.39, 0.29) is 34.7 Å². The van der Waals surface area contributed by atoms with Crippen LogP contribution < -0.4 is 25.4 Å². The summed E-state index contributed by atoms with van der Waals surface area (Å²) in [6, 6.07) is 16.8. The van der Waals surface area contributed by atoms with E-state index in [1.165, 1.54) is 37.7 Å². The van der Waals surface area contributed by atoms with Crippen LogP contribution in [0.3, 0.4) is 0 Å². The molecule has 0 atom stereocenters. The van der Waals surface area contributed by atoms with E-state index in [2.05, 4.69) is 98.2 Å². The van der Waals surface area contributed by atoms with Gasteiger partial charge < -0.3 is 21.0 Å². The van der Waals surface area contributed by atoms with Gasteiger partial charge in [-0.2, -0.15) is 12.8 Å². The molecule has 244 valence electrons.